The highest BCUT2D eigenvalue weighted by atomic mass is 19.1. The molecule has 1 aromatic heterocycles. The van der Waals surface area contributed by atoms with E-state index in [4.69, 9.17) is 0 Å². The fraction of sp³-hybridized carbons (Fsp3) is 0.500. The van der Waals surface area contributed by atoms with Crippen LogP contribution in [0.25, 0.3) is 10.9 Å². The summed E-state index contributed by atoms with van der Waals surface area (Å²) in [7, 11) is 2.09. The number of aromatic nitrogens is 1. The number of aliphatic hydroxyl groups is 1. The van der Waals surface area contributed by atoms with Gasteiger partial charge in [0.1, 0.15) is 5.82 Å². The smallest absolute Gasteiger partial charge is 0.254 e. The first kappa shape index (κ1) is 18.3. The lowest BCUT2D eigenvalue weighted by Crippen LogP contribution is -2.52. The molecule has 1 N–H and O–H groups in total. The number of nitrogens with zero attached hydrogens (tertiary/aromatic N) is 4. The summed E-state index contributed by atoms with van der Waals surface area (Å²) >= 11 is 0. The molecule has 27 heavy (non-hydrogen) atoms. The molecule has 0 unspecified atom stereocenters. The molecule has 2 aliphatic rings. The van der Waals surface area contributed by atoms with E-state index in [1.54, 1.807) is 17.0 Å². The van der Waals surface area contributed by atoms with Gasteiger partial charge in [0.2, 0.25) is 0 Å². The van der Waals surface area contributed by atoms with E-state index in [1.807, 2.05) is 6.92 Å². The first-order chi connectivity index (χ1) is 12.9. The maximum Gasteiger partial charge on any atom is 0.254 e. The van der Waals surface area contributed by atoms with Crippen molar-refractivity contribution in [3.05, 3.63) is 41.3 Å². The molecule has 0 radical (unpaired) electrons. The highest BCUT2D eigenvalue weighted by molar-refractivity contribution is 6.06. The highest BCUT2D eigenvalue weighted by Crippen LogP contribution is 2.25. The van der Waals surface area contributed by atoms with Crippen LogP contribution in [-0.4, -0.2) is 89.2 Å². The molecule has 2 saturated heterocycles. The normalized spacial score (nSPS) is 24.7. The standard InChI is InChI=1S/C20H25FN4O2/c1-13-9-16(15-10-14(21)3-4-17(15)22-13)20(27)25-11-18(19(26)12-25)24-7-5-23(2)6-8-24/h3-4,9-10,18-19,26H,5-8,11-12H2,1-2H3/t18-,19-/m0/s1. The van der Waals surface area contributed by atoms with Gasteiger partial charge in [-0.3, -0.25) is 14.7 Å². The topological polar surface area (TPSA) is 59.9 Å². The van der Waals surface area contributed by atoms with E-state index in [-0.39, 0.29) is 17.8 Å². The molecule has 0 bridgehead atoms. The molecule has 0 saturated carbocycles. The molecule has 1 amide bonds. The van der Waals surface area contributed by atoms with Crippen LogP contribution >= 0.6 is 0 Å². The van der Waals surface area contributed by atoms with Crippen molar-refractivity contribution in [1.82, 2.24) is 19.7 Å². The number of carbonyl (C=O) groups is 1. The largest absolute Gasteiger partial charge is 0.390 e. The lowest BCUT2D eigenvalue weighted by molar-refractivity contribution is 0.0512. The van der Waals surface area contributed by atoms with E-state index in [1.165, 1.54) is 12.1 Å². The number of amides is 1. The molecular formula is C20H25FN4O2. The third kappa shape index (κ3) is 3.54. The number of carbonyl (C=O) groups excluding carboxylic acids is 1. The summed E-state index contributed by atoms with van der Waals surface area (Å²) in [6.07, 6.45) is -0.566. The minimum atomic E-state index is -0.566. The molecule has 0 aliphatic carbocycles. The van der Waals surface area contributed by atoms with Gasteiger partial charge in [-0.25, -0.2) is 4.39 Å². The third-order valence-corrected chi connectivity index (χ3v) is 5.68. The predicted molar refractivity (Wildman–Crippen MR) is 101 cm³/mol. The number of aliphatic hydroxyl groups excluding tert-OH is 1. The van der Waals surface area contributed by atoms with Crippen LogP contribution in [0.3, 0.4) is 0 Å². The first-order valence-electron chi connectivity index (χ1n) is 9.39. The molecule has 2 fully saturated rings. The van der Waals surface area contributed by atoms with Gasteiger partial charge in [-0.05, 0) is 38.2 Å². The van der Waals surface area contributed by atoms with Crippen molar-refractivity contribution in [1.29, 1.82) is 0 Å². The summed E-state index contributed by atoms with van der Waals surface area (Å²) in [5.74, 6) is -0.564. The summed E-state index contributed by atoms with van der Waals surface area (Å²) in [6, 6.07) is 5.97. The molecule has 2 aromatic rings. The number of aryl methyl sites for hydroxylation is 1. The Morgan fingerprint density at radius 2 is 1.93 bits per heavy atom. The van der Waals surface area contributed by atoms with Gasteiger partial charge in [-0.1, -0.05) is 0 Å². The van der Waals surface area contributed by atoms with Crippen molar-refractivity contribution in [2.24, 2.45) is 0 Å². The van der Waals surface area contributed by atoms with Crippen LogP contribution in [0.2, 0.25) is 0 Å². The summed E-state index contributed by atoms with van der Waals surface area (Å²) in [4.78, 5) is 23.8. The molecule has 0 spiro atoms. The maximum atomic E-state index is 13.8. The van der Waals surface area contributed by atoms with Gasteiger partial charge in [-0.15, -0.1) is 0 Å². The Kier molecular flexibility index (Phi) is 4.84. The number of benzene rings is 1. The SMILES string of the molecule is Cc1cc(C(=O)N2C[C@H](O)[C@@H](N3CCN(C)CC3)C2)c2cc(F)ccc2n1. The number of hydrogen-bond acceptors (Lipinski definition) is 5. The van der Waals surface area contributed by atoms with E-state index < -0.39 is 6.10 Å². The average molecular weight is 372 g/mol. The molecule has 3 heterocycles. The lowest BCUT2D eigenvalue weighted by atomic mass is 10.1. The predicted octanol–water partition coefficient (Wildman–Crippen LogP) is 1.12. The molecule has 6 nitrogen and oxygen atoms in total. The van der Waals surface area contributed by atoms with Crippen molar-refractivity contribution in [2.45, 2.75) is 19.1 Å². The van der Waals surface area contributed by atoms with Crippen LogP contribution in [0.15, 0.2) is 24.3 Å². The minimum Gasteiger partial charge on any atom is -0.390 e. The molecule has 4 rings (SSSR count). The van der Waals surface area contributed by atoms with E-state index in [9.17, 15) is 14.3 Å². The Labute approximate surface area is 158 Å². The Bertz CT molecular complexity index is 866. The van der Waals surface area contributed by atoms with E-state index in [2.05, 4.69) is 21.8 Å². The lowest BCUT2D eigenvalue weighted by Gasteiger charge is -2.37. The zero-order valence-electron chi connectivity index (χ0n) is 15.7. The van der Waals surface area contributed by atoms with Crippen LogP contribution in [0.4, 0.5) is 4.39 Å². The van der Waals surface area contributed by atoms with Gasteiger partial charge in [0, 0.05) is 50.3 Å². The van der Waals surface area contributed by atoms with E-state index in [0.717, 1.165) is 26.2 Å². The average Bonchev–Trinajstić information content (AvgIpc) is 3.03. The van der Waals surface area contributed by atoms with Crippen molar-refractivity contribution in [3.63, 3.8) is 0 Å². The molecule has 144 valence electrons. The van der Waals surface area contributed by atoms with Gasteiger partial charge in [0.05, 0.1) is 23.2 Å². The summed E-state index contributed by atoms with van der Waals surface area (Å²) < 4.78 is 13.8. The molecule has 7 heteroatoms. The zero-order valence-corrected chi connectivity index (χ0v) is 15.7. The van der Waals surface area contributed by atoms with Crippen molar-refractivity contribution in [3.8, 4) is 0 Å². The number of piperazine rings is 1. The van der Waals surface area contributed by atoms with E-state index >= 15 is 0 Å². The Balaban J connectivity index is 1.59. The van der Waals surface area contributed by atoms with E-state index in [0.29, 0.717) is 35.2 Å². The number of hydrogen-bond donors (Lipinski definition) is 1. The zero-order chi connectivity index (χ0) is 19.1. The minimum absolute atomic E-state index is 0.0476. The molecule has 2 aliphatic heterocycles. The monoisotopic (exact) mass is 372 g/mol. The van der Waals surface area contributed by atoms with Gasteiger partial charge in [-0.2, -0.15) is 0 Å². The number of likely N-dealkylation sites (N-methyl/N-ethyl adjacent to an activating group) is 1. The quantitative estimate of drug-likeness (QED) is 0.856. The Morgan fingerprint density at radius 1 is 1.19 bits per heavy atom. The second kappa shape index (κ2) is 7.14. The van der Waals surface area contributed by atoms with Crippen LogP contribution in [-0.2, 0) is 0 Å². The highest BCUT2D eigenvalue weighted by Gasteiger charge is 2.39. The Hall–Kier alpha value is -2.09. The van der Waals surface area contributed by atoms with Crippen molar-refractivity contribution in [2.75, 3.05) is 46.3 Å². The number of β-amino-alcohol motifs (C(OH)–C–C–N with tert-alkyl or cyclic N) is 1. The summed E-state index contributed by atoms with van der Waals surface area (Å²) in [5.41, 5.74) is 1.77. The van der Waals surface area contributed by atoms with Gasteiger partial charge in [0.25, 0.3) is 5.91 Å². The van der Waals surface area contributed by atoms with Gasteiger partial charge < -0.3 is 14.9 Å². The van der Waals surface area contributed by atoms with Crippen molar-refractivity contribution >= 4 is 16.8 Å². The fourth-order valence-electron chi connectivity index (χ4n) is 4.13. The first-order valence-corrected chi connectivity index (χ1v) is 9.39. The number of likely N-dealkylation sites (tertiary alicyclic amines) is 1. The number of rotatable bonds is 2. The number of pyridine rings is 1. The maximum absolute atomic E-state index is 13.8. The molecule has 1 aromatic carbocycles. The second-order valence-electron chi connectivity index (χ2n) is 7.66. The number of halogens is 1. The van der Waals surface area contributed by atoms with Crippen LogP contribution in [0.1, 0.15) is 16.1 Å². The van der Waals surface area contributed by atoms with Gasteiger partial charge in [0.15, 0.2) is 0 Å². The van der Waals surface area contributed by atoms with Crippen LogP contribution in [0.5, 0.6) is 0 Å². The van der Waals surface area contributed by atoms with Crippen molar-refractivity contribution < 1.29 is 14.3 Å². The van der Waals surface area contributed by atoms with Crippen LogP contribution in [0, 0.1) is 12.7 Å². The summed E-state index contributed by atoms with van der Waals surface area (Å²) in [5, 5.41) is 11.1. The summed E-state index contributed by atoms with van der Waals surface area (Å²) in [6.45, 7) is 6.32. The second-order valence-corrected chi connectivity index (χ2v) is 7.66. The number of fused-ring (bicyclic) bond motifs is 1. The molecular weight excluding hydrogens is 347 g/mol. The van der Waals surface area contributed by atoms with Gasteiger partial charge >= 0.3 is 0 Å². The fourth-order valence-corrected chi connectivity index (χ4v) is 4.13. The third-order valence-electron chi connectivity index (χ3n) is 5.68. The van der Waals surface area contributed by atoms with Crippen LogP contribution < -0.4 is 0 Å². The Morgan fingerprint density at radius 3 is 2.67 bits per heavy atom. The molecule has 2 atom stereocenters.